The van der Waals surface area contributed by atoms with E-state index in [2.05, 4.69) is 56.9 Å². The summed E-state index contributed by atoms with van der Waals surface area (Å²) < 4.78 is 0. The van der Waals surface area contributed by atoms with E-state index in [0.29, 0.717) is 18.1 Å². The number of nitrogens with one attached hydrogen (secondary N) is 1. The van der Waals surface area contributed by atoms with Gasteiger partial charge < -0.3 is 10.2 Å². The molecule has 0 aromatic heterocycles. The van der Waals surface area contributed by atoms with Crippen LogP contribution in [0, 0.1) is 5.92 Å². The summed E-state index contributed by atoms with van der Waals surface area (Å²) in [6.45, 7) is 12.9. The fraction of sp³-hybridized carbons (Fsp3) is 1.00. The van der Waals surface area contributed by atoms with Crippen LogP contribution in [0.3, 0.4) is 0 Å². The van der Waals surface area contributed by atoms with Gasteiger partial charge in [-0.1, -0.05) is 27.7 Å². The van der Waals surface area contributed by atoms with Gasteiger partial charge in [0.1, 0.15) is 0 Å². The van der Waals surface area contributed by atoms with Crippen LogP contribution < -0.4 is 5.32 Å². The molecule has 0 amide bonds. The minimum atomic E-state index is 0.598. The van der Waals surface area contributed by atoms with Crippen molar-refractivity contribution >= 4 is 0 Å². The Kier molecular flexibility index (Phi) is 6.61. The van der Waals surface area contributed by atoms with Crippen molar-refractivity contribution in [2.75, 3.05) is 33.7 Å². The topological polar surface area (TPSA) is 18.5 Å². The summed E-state index contributed by atoms with van der Waals surface area (Å²) in [7, 11) is 4.37. The molecule has 0 spiro atoms. The molecule has 1 rings (SSSR count). The number of likely N-dealkylation sites (tertiary alicyclic amines) is 1. The lowest BCUT2D eigenvalue weighted by Gasteiger charge is -2.42. The van der Waals surface area contributed by atoms with Crippen molar-refractivity contribution in [2.45, 2.75) is 58.7 Å². The first kappa shape index (κ1) is 15.9. The Balaban J connectivity index is 2.56. The van der Waals surface area contributed by atoms with Crippen molar-refractivity contribution in [1.29, 1.82) is 0 Å². The van der Waals surface area contributed by atoms with Crippen LogP contribution in [0.25, 0.3) is 0 Å². The minimum Gasteiger partial charge on any atom is -0.311 e. The van der Waals surface area contributed by atoms with E-state index in [1.54, 1.807) is 0 Å². The fourth-order valence-electron chi connectivity index (χ4n) is 3.04. The molecular formula is C15H33N3. The van der Waals surface area contributed by atoms with Gasteiger partial charge in [0.15, 0.2) is 0 Å². The van der Waals surface area contributed by atoms with Gasteiger partial charge in [-0.3, -0.25) is 4.90 Å². The van der Waals surface area contributed by atoms with Gasteiger partial charge in [0.2, 0.25) is 0 Å². The average Bonchev–Trinajstić information content (AvgIpc) is 2.24. The van der Waals surface area contributed by atoms with Gasteiger partial charge in [0, 0.05) is 31.2 Å². The Morgan fingerprint density at radius 3 is 2.39 bits per heavy atom. The lowest BCUT2D eigenvalue weighted by molar-refractivity contribution is 0.0859. The molecule has 1 aliphatic rings. The van der Waals surface area contributed by atoms with E-state index in [0.717, 1.165) is 5.92 Å². The van der Waals surface area contributed by atoms with Crippen LogP contribution in [-0.2, 0) is 0 Å². The number of hydrogen-bond donors (Lipinski definition) is 1. The highest BCUT2D eigenvalue weighted by molar-refractivity contribution is 4.85. The number of rotatable bonds is 6. The first-order valence-corrected chi connectivity index (χ1v) is 7.55. The normalized spacial score (nSPS) is 24.2. The largest absolute Gasteiger partial charge is 0.311 e. The van der Waals surface area contributed by atoms with E-state index in [1.165, 1.54) is 32.5 Å². The summed E-state index contributed by atoms with van der Waals surface area (Å²) in [5.41, 5.74) is 0. The van der Waals surface area contributed by atoms with Crippen molar-refractivity contribution in [3.63, 3.8) is 0 Å². The molecule has 0 bridgehead atoms. The molecule has 1 N–H and O–H groups in total. The van der Waals surface area contributed by atoms with Crippen LogP contribution in [-0.4, -0.2) is 61.7 Å². The maximum Gasteiger partial charge on any atom is 0.0246 e. The van der Waals surface area contributed by atoms with Gasteiger partial charge in [-0.15, -0.1) is 0 Å². The predicted octanol–water partition coefficient (Wildman–Crippen LogP) is 2.03. The third kappa shape index (κ3) is 5.25. The van der Waals surface area contributed by atoms with E-state index >= 15 is 0 Å². The van der Waals surface area contributed by atoms with E-state index in [-0.39, 0.29) is 0 Å². The first-order chi connectivity index (χ1) is 8.40. The highest BCUT2D eigenvalue weighted by Gasteiger charge is 2.28. The quantitative estimate of drug-likeness (QED) is 0.783. The minimum absolute atomic E-state index is 0.598. The van der Waals surface area contributed by atoms with Gasteiger partial charge in [0.05, 0.1) is 0 Å². The molecule has 1 heterocycles. The Morgan fingerprint density at radius 2 is 1.89 bits per heavy atom. The molecule has 108 valence electrons. The first-order valence-electron chi connectivity index (χ1n) is 7.55. The highest BCUT2D eigenvalue weighted by Crippen LogP contribution is 2.18. The summed E-state index contributed by atoms with van der Waals surface area (Å²) in [6.07, 6.45) is 2.67. The second-order valence-corrected chi connectivity index (χ2v) is 6.73. The predicted molar refractivity (Wildman–Crippen MR) is 80.0 cm³/mol. The van der Waals surface area contributed by atoms with Gasteiger partial charge in [-0.25, -0.2) is 0 Å². The third-order valence-electron chi connectivity index (χ3n) is 3.81. The van der Waals surface area contributed by atoms with Crippen LogP contribution in [0.15, 0.2) is 0 Å². The second kappa shape index (κ2) is 7.46. The van der Waals surface area contributed by atoms with E-state index in [1.807, 2.05) is 0 Å². The summed E-state index contributed by atoms with van der Waals surface area (Å²) in [4.78, 5) is 5.03. The Bertz CT molecular complexity index is 226. The lowest BCUT2D eigenvalue weighted by atomic mass is 9.97. The molecule has 1 saturated heterocycles. The Hall–Kier alpha value is -0.120. The summed E-state index contributed by atoms with van der Waals surface area (Å²) in [5, 5.41) is 3.70. The van der Waals surface area contributed by atoms with E-state index in [4.69, 9.17) is 0 Å². The zero-order valence-corrected chi connectivity index (χ0v) is 13.2. The average molecular weight is 255 g/mol. The van der Waals surface area contributed by atoms with Crippen LogP contribution in [0.5, 0.6) is 0 Å². The molecule has 3 heteroatoms. The molecule has 0 radical (unpaired) electrons. The lowest BCUT2D eigenvalue weighted by Crippen LogP contribution is -2.54. The molecule has 1 fully saturated rings. The molecule has 0 aromatic carbocycles. The SMILES string of the molecule is CC(C)NC1CCCN(C(CN(C)C)C(C)C)C1. The van der Waals surface area contributed by atoms with Crippen molar-refractivity contribution in [2.24, 2.45) is 5.92 Å². The van der Waals surface area contributed by atoms with Gasteiger partial charge >= 0.3 is 0 Å². The number of nitrogens with zero attached hydrogens (tertiary/aromatic N) is 2. The van der Waals surface area contributed by atoms with Crippen molar-refractivity contribution in [3.8, 4) is 0 Å². The Labute approximate surface area is 114 Å². The van der Waals surface area contributed by atoms with E-state index < -0.39 is 0 Å². The molecule has 0 saturated carbocycles. The molecular weight excluding hydrogens is 222 g/mol. The maximum absolute atomic E-state index is 3.70. The summed E-state index contributed by atoms with van der Waals surface area (Å²) >= 11 is 0. The zero-order valence-electron chi connectivity index (χ0n) is 13.2. The molecule has 1 aliphatic heterocycles. The van der Waals surface area contributed by atoms with Crippen LogP contribution in [0.1, 0.15) is 40.5 Å². The standard InChI is InChI=1S/C15H33N3/c1-12(2)15(11-17(5)6)18-9-7-8-14(10-18)16-13(3)4/h12-16H,7-11H2,1-6H3. The molecule has 2 atom stereocenters. The maximum atomic E-state index is 3.70. The van der Waals surface area contributed by atoms with Gasteiger partial charge in [0.25, 0.3) is 0 Å². The fourth-order valence-corrected chi connectivity index (χ4v) is 3.04. The Morgan fingerprint density at radius 1 is 1.22 bits per heavy atom. The van der Waals surface area contributed by atoms with Crippen molar-refractivity contribution in [3.05, 3.63) is 0 Å². The highest BCUT2D eigenvalue weighted by atomic mass is 15.2. The number of hydrogen-bond acceptors (Lipinski definition) is 3. The molecule has 0 aromatic rings. The van der Waals surface area contributed by atoms with Crippen LogP contribution >= 0.6 is 0 Å². The second-order valence-electron chi connectivity index (χ2n) is 6.73. The van der Waals surface area contributed by atoms with Gasteiger partial charge in [-0.05, 0) is 39.4 Å². The van der Waals surface area contributed by atoms with Crippen molar-refractivity contribution < 1.29 is 0 Å². The van der Waals surface area contributed by atoms with Crippen molar-refractivity contribution in [1.82, 2.24) is 15.1 Å². The smallest absolute Gasteiger partial charge is 0.0246 e. The summed E-state index contributed by atoms with van der Waals surface area (Å²) in [6, 6.07) is 1.97. The van der Waals surface area contributed by atoms with Crippen LogP contribution in [0.2, 0.25) is 0 Å². The van der Waals surface area contributed by atoms with Gasteiger partial charge in [-0.2, -0.15) is 0 Å². The molecule has 0 aliphatic carbocycles. The molecule has 18 heavy (non-hydrogen) atoms. The van der Waals surface area contributed by atoms with E-state index in [9.17, 15) is 0 Å². The molecule has 2 unspecified atom stereocenters. The zero-order chi connectivity index (χ0) is 13.7. The molecule has 3 nitrogen and oxygen atoms in total. The van der Waals surface area contributed by atoms with Crippen LogP contribution in [0.4, 0.5) is 0 Å². The monoisotopic (exact) mass is 255 g/mol. The summed E-state index contributed by atoms with van der Waals surface area (Å²) in [5.74, 6) is 0.727. The third-order valence-corrected chi connectivity index (χ3v) is 3.81. The number of likely N-dealkylation sites (N-methyl/N-ethyl adjacent to an activating group) is 1. The number of piperidine rings is 1.